The van der Waals surface area contributed by atoms with Crippen LogP contribution in [0, 0.1) is 0 Å². The lowest BCUT2D eigenvalue weighted by atomic mass is 10.2. The number of benzene rings is 1. The molecule has 0 saturated heterocycles. The molecule has 1 rings (SSSR count). The van der Waals surface area contributed by atoms with E-state index in [0.717, 1.165) is 5.56 Å². The highest BCUT2D eigenvalue weighted by Gasteiger charge is 2.39. The van der Waals surface area contributed by atoms with Gasteiger partial charge in [-0.2, -0.15) is 0 Å². The molecule has 0 unspecified atom stereocenters. The number of ether oxygens (including phenoxy) is 1. The summed E-state index contributed by atoms with van der Waals surface area (Å²) in [6.07, 6.45) is 1.91. The van der Waals surface area contributed by atoms with Gasteiger partial charge < -0.3 is 9.16 Å². The third-order valence-corrected chi connectivity index (χ3v) is 7.95. The van der Waals surface area contributed by atoms with Crippen LogP contribution in [0.2, 0.25) is 18.1 Å². The molecular formula is C16H26O2Si. The summed E-state index contributed by atoms with van der Waals surface area (Å²) in [5.74, 6) is 0.649. The van der Waals surface area contributed by atoms with E-state index in [1.54, 1.807) is 0 Å². The van der Waals surface area contributed by atoms with Crippen molar-refractivity contribution in [3.05, 3.63) is 47.9 Å². The lowest BCUT2D eigenvalue weighted by molar-refractivity contribution is 0.0872. The number of rotatable bonds is 5. The molecule has 0 aliphatic heterocycles. The van der Waals surface area contributed by atoms with Crippen molar-refractivity contribution in [2.45, 2.75) is 52.4 Å². The minimum atomic E-state index is -1.82. The van der Waals surface area contributed by atoms with E-state index in [-0.39, 0.29) is 5.04 Å². The number of hydrogen-bond acceptors (Lipinski definition) is 2. The van der Waals surface area contributed by atoms with Gasteiger partial charge in [0.25, 0.3) is 14.3 Å². The third kappa shape index (κ3) is 4.75. The molecule has 106 valence electrons. The average Bonchev–Trinajstić information content (AvgIpc) is 2.34. The van der Waals surface area contributed by atoms with Gasteiger partial charge in [-0.1, -0.05) is 51.1 Å². The monoisotopic (exact) mass is 278 g/mol. The van der Waals surface area contributed by atoms with Gasteiger partial charge in [0, 0.05) is 0 Å². The lowest BCUT2D eigenvalue weighted by Gasteiger charge is -2.36. The van der Waals surface area contributed by atoms with Gasteiger partial charge in [-0.3, -0.25) is 0 Å². The summed E-state index contributed by atoms with van der Waals surface area (Å²) in [6.45, 7) is 13.6. The van der Waals surface area contributed by atoms with Crippen LogP contribution in [0.15, 0.2) is 42.4 Å². The smallest absolute Gasteiger partial charge is 0.261 e. The van der Waals surface area contributed by atoms with Gasteiger partial charge in [0.1, 0.15) is 6.61 Å². The zero-order valence-corrected chi connectivity index (χ0v) is 14.0. The summed E-state index contributed by atoms with van der Waals surface area (Å²) in [7, 11) is -1.82. The Bertz CT molecular complexity index is 416. The first kappa shape index (κ1) is 15.8. The third-order valence-electron chi connectivity index (χ3n) is 3.62. The van der Waals surface area contributed by atoms with Crippen molar-refractivity contribution in [2.24, 2.45) is 0 Å². The lowest BCUT2D eigenvalue weighted by Crippen LogP contribution is -2.40. The van der Waals surface area contributed by atoms with Crippen LogP contribution in [0.4, 0.5) is 0 Å². The van der Waals surface area contributed by atoms with E-state index >= 15 is 0 Å². The van der Waals surface area contributed by atoms with E-state index in [2.05, 4.69) is 46.0 Å². The summed E-state index contributed by atoms with van der Waals surface area (Å²) in [6, 6.07) is 10.1. The van der Waals surface area contributed by atoms with Crippen LogP contribution in [-0.2, 0) is 15.8 Å². The standard InChI is InChI=1S/C16H26O2Si/c1-7-15(18-19(5,6)16(2,3)4)17-13-14-11-9-8-10-12-14/h7-12H,13H2,1-6H3. The topological polar surface area (TPSA) is 18.5 Å². The van der Waals surface area contributed by atoms with Gasteiger partial charge in [-0.05, 0) is 36.7 Å². The molecule has 0 radical (unpaired) electrons. The van der Waals surface area contributed by atoms with Gasteiger partial charge in [0.2, 0.25) is 0 Å². The van der Waals surface area contributed by atoms with Crippen molar-refractivity contribution in [2.75, 3.05) is 0 Å². The Morgan fingerprint density at radius 1 is 1.16 bits per heavy atom. The molecule has 0 heterocycles. The normalized spacial score (nSPS) is 13.3. The molecule has 19 heavy (non-hydrogen) atoms. The first-order valence-electron chi connectivity index (χ1n) is 6.78. The van der Waals surface area contributed by atoms with Crippen LogP contribution >= 0.6 is 0 Å². The predicted molar refractivity (Wildman–Crippen MR) is 83.3 cm³/mol. The first-order valence-corrected chi connectivity index (χ1v) is 9.69. The summed E-state index contributed by atoms with van der Waals surface area (Å²) in [4.78, 5) is 0. The molecule has 0 saturated carbocycles. The summed E-state index contributed by atoms with van der Waals surface area (Å²) in [5, 5.41) is 0.178. The molecule has 1 aromatic rings. The fraction of sp³-hybridized carbons (Fsp3) is 0.500. The Balaban J connectivity index is 2.61. The molecule has 0 atom stereocenters. The zero-order valence-electron chi connectivity index (χ0n) is 13.0. The van der Waals surface area contributed by atoms with Crippen molar-refractivity contribution in [3.63, 3.8) is 0 Å². The molecule has 0 N–H and O–H groups in total. The van der Waals surface area contributed by atoms with Crippen molar-refractivity contribution in [1.29, 1.82) is 0 Å². The summed E-state index contributed by atoms with van der Waals surface area (Å²) < 4.78 is 11.9. The van der Waals surface area contributed by atoms with Crippen LogP contribution in [0.1, 0.15) is 33.3 Å². The van der Waals surface area contributed by atoms with Gasteiger partial charge in [-0.25, -0.2) is 0 Å². The van der Waals surface area contributed by atoms with Crippen LogP contribution in [0.5, 0.6) is 0 Å². The number of allylic oxidation sites excluding steroid dienone is 1. The Morgan fingerprint density at radius 2 is 1.74 bits per heavy atom. The second-order valence-corrected chi connectivity index (χ2v) is 11.0. The van der Waals surface area contributed by atoms with Crippen molar-refractivity contribution in [3.8, 4) is 0 Å². The Morgan fingerprint density at radius 3 is 2.21 bits per heavy atom. The SMILES string of the molecule is CC=C(OCc1ccccc1)O[Si](C)(C)C(C)(C)C. The maximum atomic E-state index is 6.15. The second kappa shape index (κ2) is 6.28. The predicted octanol–water partition coefficient (Wildman–Crippen LogP) is 5.09. The summed E-state index contributed by atoms with van der Waals surface area (Å²) >= 11 is 0. The number of hydrogen-bond donors (Lipinski definition) is 0. The fourth-order valence-electron chi connectivity index (χ4n) is 1.30. The molecule has 0 fully saturated rings. The van der Waals surface area contributed by atoms with Crippen LogP contribution < -0.4 is 0 Å². The Kier molecular flexibility index (Phi) is 5.24. The van der Waals surface area contributed by atoms with Crippen LogP contribution in [0.25, 0.3) is 0 Å². The van der Waals surface area contributed by atoms with Gasteiger partial charge in [-0.15, -0.1) is 0 Å². The van der Waals surface area contributed by atoms with Crippen LogP contribution in [0.3, 0.4) is 0 Å². The minimum Gasteiger partial charge on any atom is -0.519 e. The highest BCUT2D eigenvalue weighted by Crippen LogP contribution is 2.38. The van der Waals surface area contributed by atoms with E-state index < -0.39 is 8.32 Å². The molecular weight excluding hydrogens is 252 g/mol. The van der Waals surface area contributed by atoms with Gasteiger partial charge in [0.05, 0.1) is 0 Å². The molecule has 0 spiro atoms. The molecule has 0 aromatic heterocycles. The molecule has 2 nitrogen and oxygen atoms in total. The van der Waals surface area contributed by atoms with E-state index in [1.165, 1.54) is 0 Å². The Hall–Kier alpha value is -1.22. The maximum absolute atomic E-state index is 6.15. The quantitative estimate of drug-likeness (QED) is 0.552. The largest absolute Gasteiger partial charge is 0.519 e. The molecule has 0 aliphatic rings. The van der Waals surface area contributed by atoms with Gasteiger partial charge >= 0.3 is 0 Å². The maximum Gasteiger partial charge on any atom is 0.261 e. The highest BCUT2D eigenvalue weighted by atomic mass is 28.4. The van der Waals surface area contributed by atoms with E-state index in [4.69, 9.17) is 9.16 Å². The Labute approximate surface area is 118 Å². The molecule has 1 aromatic carbocycles. The van der Waals surface area contributed by atoms with E-state index in [0.29, 0.717) is 12.6 Å². The van der Waals surface area contributed by atoms with E-state index in [9.17, 15) is 0 Å². The second-order valence-electron chi connectivity index (χ2n) is 6.24. The average molecular weight is 278 g/mol. The molecule has 3 heteroatoms. The highest BCUT2D eigenvalue weighted by molar-refractivity contribution is 6.74. The molecule has 0 aliphatic carbocycles. The summed E-state index contributed by atoms with van der Waals surface area (Å²) in [5.41, 5.74) is 1.15. The van der Waals surface area contributed by atoms with Gasteiger partial charge in [0.15, 0.2) is 0 Å². The van der Waals surface area contributed by atoms with E-state index in [1.807, 2.05) is 31.2 Å². The fourth-order valence-corrected chi connectivity index (χ4v) is 2.29. The molecule has 0 amide bonds. The van der Waals surface area contributed by atoms with Crippen molar-refractivity contribution >= 4 is 8.32 Å². The zero-order chi connectivity index (χ0) is 14.5. The minimum absolute atomic E-state index is 0.178. The first-order chi connectivity index (χ1) is 8.76. The van der Waals surface area contributed by atoms with Crippen molar-refractivity contribution < 1.29 is 9.16 Å². The van der Waals surface area contributed by atoms with Crippen molar-refractivity contribution in [1.82, 2.24) is 0 Å². The molecule has 0 bridgehead atoms. The van der Waals surface area contributed by atoms with Crippen LogP contribution in [-0.4, -0.2) is 8.32 Å².